The van der Waals surface area contributed by atoms with Crippen LogP contribution in [0.15, 0.2) is 4.99 Å². The van der Waals surface area contributed by atoms with Gasteiger partial charge in [0.25, 0.3) is 0 Å². The number of aliphatic hydroxyl groups excluding tert-OH is 1. The maximum atomic E-state index is 8.33. The summed E-state index contributed by atoms with van der Waals surface area (Å²) in [6, 6.07) is 0. The van der Waals surface area contributed by atoms with Crippen LogP contribution in [-0.4, -0.2) is 37.1 Å². The van der Waals surface area contributed by atoms with E-state index in [2.05, 4.69) is 4.99 Å². The summed E-state index contributed by atoms with van der Waals surface area (Å²) in [6.07, 6.45) is 1.16. The number of ether oxygens (including phenoxy) is 2. The predicted molar refractivity (Wildman–Crippen MR) is 35.9 cm³/mol. The van der Waals surface area contributed by atoms with Gasteiger partial charge in [-0.3, -0.25) is 4.99 Å². The summed E-state index contributed by atoms with van der Waals surface area (Å²) in [6.45, 7) is 2.30. The zero-order valence-corrected chi connectivity index (χ0v) is 5.86. The molecule has 58 valence electrons. The highest BCUT2D eigenvalue weighted by Gasteiger charge is 2.24. The molecule has 0 aromatic carbocycles. The average molecular weight is 145 g/mol. The first-order valence-electron chi connectivity index (χ1n) is 3.24. The van der Waals surface area contributed by atoms with Crippen LogP contribution in [0.4, 0.5) is 0 Å². The third-order valence-corrected chi connectivity index (χ3v) is 1.11. The first-order chi connectivity index (χ1) is 4.83. The van der Waals surface area contributed by atoms with Gasteiger partial charge in [0.05, 0.1) is 19.4 Å². The van der Waals surface area contributed by atoms with Crippen LogP contribution in [0.25, 0.3) is 0 Å². The summed E-state index contributed by atoms with van der Waals surface area (Å²) in [7, 11) is 0. The van der Waals surface area contributed by atoms with Crippen molar-refractivity contribution in [3.05, 3.63) is 0 Å². The molecule has 0 aromatic rings. The minimum Gasteiger partial charge on any atom is -0.394 e. The molecule has 4 heteroatoms. The van der Waals surface area contributed by atoms with Crippen molar-refractivity contribution in [2.75, 3.05) is 13.2 Å². The van der Waals surface area contributed by atoms with Crippen LogP contribution in [0.2, 0.25) is 0 Å². The van der Waals surface area contributed by atoms with E-state index in [1.54, 1.807) is 6.21 Å². The van der Waals surface area contributed by atoms with Gasteiger partial charge in [-0.05, 0) is 6.92 Å². The second-order valence-electron chi connectivity index (χ2n) is 1.99. The van der Waals surface area contributed by atoms with Crippen LogP contribution in [0, 0.1) is 0 Å². The maximum absolute atomic E-state index is 8.33. The monoisotopic (exact) mass is 145 g/mol. The molecule has 0 atom stereocenters. The molecule has 1 saturated heterocycles. The zero-order chi connectivity index (χ0) is 7.40. The van der Waals surface area contributed by atoms with Gasteiger partial charge in [-0.25, -0.2) is 0 Å². The van der Waals surface area contributed by atoms with Crippen molar-refractivity contribution >= 4 is 6.21 Å². The largest absolute Gasteiger partial charge is 0.394 e. The molecule has 10 heavy (non-hydrogen) atoms. The third kappa shape index (κ3) is 2.06. The molecule has 1 rings (SSSR count). The van der Waals surface area contributed by atoms with Crippen LogP contribution < -0.4 is 0 Å². The Bertz CT molecular complexity index is 120. The van der Waals surface area contributed by atoms with Gasteiger partial charge in [-0.15, -0.1) is 0 Å². The Kier molecular flexibility index (Phi) is 2.80. The van der Waals surface area contributed by atoms with Gasteiger partial charge >= 0.3 is 0 Å². The molecule has 1 aliphatic rings. The molecular weight excluding hydrogens is 134 g/mol. The summed E-state index contributed by atoms with van der Waals surface area (Å²) >= 11 is 0. The summed E-state index contributed by atoms with van der Waals surface area (Å²) in [5, 5.41) is 8.33. The van der Waals surface area contributed by atoms with Gasteiger partial charge < -0.3 is 14.6 Å². The highest BCUT2D eigenvalue weighted by Crippen LogP contribution is 2.12. The van der Waals surface area contributed by atoms with Crippen LogP contribution in [0.3, 0.4) is 0 Å². The minimum absolute atomic E-state index is 0.0682. The number of aliphatic imine (C=N–C) groups is 1. The van der Waals surface area contributed by atoms with E-state index in [0.717, 1.165) is 0 Å². The Hall–Kier alpha value is -0.450. The van der Waals surface area contributed by atoms with Gasteiger partial charge in [-0.2, -0.15) is 0 Å². The van der Waals surface area contributed by atoms with Crippen molar-refractivity contribution in [3.63, 3.8) is 0 Å². The normalized spacial score (nSPS) is 32.6. The third-order valence-electron chi connectivity index (χ3n) is 1.11. The Morgan fingerprint density at radius 2 is 2.30 bits per heavy atom. The molecule has 1 aliphatic heterocycles. The SMILES string of the molecule is CC1OC(C=NCCO)O1. The van der Waals surface area contributed by atoms with Gasteiger partial charge in [0.1, 0.15) is 0 Å². The Morgan fingerprint density at radius 1 is 1.60 bits per heavy atom. The van der Waals surface area contributed by atoms with E-state index in [4.69, 9.17) is 14.6 Å². The Balaban J connectivity index is 2.04. The van der Waals surface area contributed by atoms with Gasteiger partial charge in [0.15, 0.2) is 12.6 Å². The number of aliphatic hydroxyl groups is 1. The lowest BCUT2D eigenvalue weighted by Crippen LogP contribution is -2.39. The van der Waals surface area contributed by atoms with E-state index >= 15 is 0 Å². The molecule has 1 fully saturated rings. The van der Waals surface area contributed by atoms with Crippen molar-refractivity contribution in [3.8, 4) is 0 Å². The van der Waals surface area contributed by atoms with E-state index in [9.17, 15) is 0 Å². The lowest BCUT2D eigenvalue weighted by atomic mass is 10.5. The van der Waals surface area contributed by atoms with Gasteiger partial charge in [0.2, 0.25) is 0 Å². The molecular formula is C6H11NO3. The fourth-order valence-electron chi connectivity index (χ4n) is 0.677. The molecule has 0 radical (unpaired) electrons. The molecule has 0 aliphatic carbocycles. The number of rotatable bonds is 3. The van der Waals surface area contributed by atoms with Crippen LogP contribution in [0.1, 0.15) is 6.92 Å². The molecule has 0 amide bonds. The maximum Gasteiger partial charge on any atom is 0.199 e. The van der Waals surface area contributed by atoms with E-state index in [0.29, 0.717) is 6.54 Å². The Morgan fingerprint density at radius 3 is 2.80 bits per heavy atom. The molecule has 0 spiro atoms. The number of hydrogen-bond donors (Lipinski definition) is 1. The molecule has 0 aromatic heterocycles. The molecule has 0 bridgehead atoms. The van der Waals surface area contributed by atoms with Gasteiger partial charge in [-0.1, -0.05) is 0 Å². The zero-order valence-electron chi connectivity index (χ0n) is 5.86. The predicted octanol–water partition coefficient (Wildman–Crippen LogP) is -0.232. The quantitative estimate of drug-likeness (QED) is 0.558. The first kappa shape index (κ1) is 7.65. The highest BCUT2D eigenvalue weighted by molar-refractivity contribution is 5.61. The summed E-state index contributed by atoms with van der Waals surface area (Å²) in [5.74, 6) is 0. The number of hydrogen-bond acceptors (Lipinski definition) is 4. The summed E-state index contributed by atoms with van der Waals surface area (Å²) < 4.78 is 10.1. The van der Waals surface area contributed by atoms with Crippen molar-refractivity contribution in [1.82, 2.24) is 0 Å². The second-order valence-corrected chi connectivity index (χ2v) is 1.99. The molecule has 1 N–H and O–H groups in total. The van der Waals surface area contributed by atoms with E-state index in [1.807, 2.05) is 6.92 Å². The Labute approximate surface area is 59.5 Å². The minimum atomic E-state index is -0.290. The van der Waals surface area contributed by atoms with E-state index in [1.165, 1.54) is 0 Å². The van der Waals surface area contributed by atoms with Crippen LogP contribution >= 0.6 is 0 Å². The van der Waals surface area contributed by atoms with Crippen molar-refractivity contribution in [1.29, 1.82) is 0 Å². The molecule has 1 heterocycles. The second kappa shape index (κ2) is 3.65. The fourth-order valence-corrected chi connectivity index (χ4v) is 0.677. The van der Waals surface area contributed by atoms with Crippen molar-refractivity contribution in [2.24, 2.45) is 4.99 Å². The molecule has 4 nitrogen and oxygen atoms in total. The highest BCUT2D eigenvalue weighted by atomic mass is 16.9. The fraction of sp³-hybridized carbons (Fsp3) is 0.833. The lowest BCUT2D eigenvalue weighted by Gasteiger charge is -2.30. The summed E-state index contributed by atoms with van der Waals surface area (Å²) in [4.78, 5) is 3.82. The molecule has 0 saturated carbocycles. The van der Waals surface area contributed by atoms with Crippen molar-refractivity contribution < 1.29 is 14.6 Å². The number of nitrogens with zero attached hydrogens (tertiary/aromatic N) is 1. The molecule has 0 unspecified atom stereocenters. The standard InChI is InChI=1S/C6H11NO3/c1-5-9-6(10-5)4-7-2-3-8/h4-6,8H,2-3H2,1H3. The topological polar surface area (TPSA) is 51.0 Å². The van der Waals surface area contributed by atoms with Crippen molar-refractivity contribution in [2.45, 2.75) is 19.5 Å². The average Bonchev–Trinajstić information content (AvgIpc) is 1.85. The van der Waals surface area contributed by atoms with E-state index < -0.39 is 0 Å². The van der Waals surface area contributed by atoms with Crippen LogP contribution in [0.5, 0.6) is 0 Å². The van der Waals surface area contributed by atoms with Gasteiger partial charge in [0, 0.05) is 0 Å². The smallest absolute Gasteiger partial charge is 0.199 e. The van der Waals surface area contributed by atoms with Crippen LogP contribution in [-0.2, 0) is 9.47 Å². The van der Waals surface area contributed by atoms with E-state index in [-0.39, 0.29) is 19.2 Å². The summed E-state index contributed by atoms with van der Waals surface area (Å²) in [5.41, 5.74) is 0. The lowest BCUT2D eigenvalue weighted by molar-refractivity contribution is -0.342. The first-order valence-corrected chi connectivity index (χ1v) is 3.24.